The number of alkyl halides is 6. The van der Waals surface area contributed by atoms with Gasteiger partial charge in [0.05, 0.1) is 17.2 Å². The Kier molecular flexibility index (Phi) is 6.78. The van der Waals surface area contributed by atoms with Gasteiger partial charge >= 0.3 is 12.4 Å². The first-order chi connectivity index (χ1) is 15.0. The van der Waals surface area contributed by atoms with Crippen molar-refractivity contribution in [1.29, 1.82) is 0 Å². The molecule has 1 aliphatic heterocycles. The predicted octanol–water partition coefficient (Wildman–Crippen LogP) is 5.31. The van der Waals surface area contributed by atoms with E-state index >= 15 is 0 Å². The van der Waals surface area contributed by atoms with Crippen LogP contribution in [0.5, 0.6) is 0 Å². The summed E-state index contributed by atoms with van der Waals surface area (Å²) in [6, 6.07) is 8.67. The Hall–Kier alpha value is -3.07. The van der Waals surface area contributed by atoms with Crippen LogP contribution in [0.15, 0.2) is 66.8 Å². The van der Waals surface area contributed by atoms with Gasteiger partial charge in [-0.05, 0) is 35.3 Å². The smallest absolute Gasteiger partial charge is 0.391 e. The number of aliphatic hydroxyl groups is 1. The number of aliphatic hydroxyl groups excluding tert-OH is 1. The Balaban J connectivity index is 2.11. The van der Waals surface area contributed by atoms with Crippen LogP contribution in [-0.4, -0.2) is 35.1 Å². The van der Waals surface area contributed by atoms with Crippen molar-refractivity contribution in [2.75, 3.05) is 13.1 Å². The molecule has 1 aliphatic rings. The van der Waals surface area contributed by atoms with Crippen molar-refractivity contribution in [2.24, 2.45) is 0 Å². The third-order valence-corrected chi connectivity index (χ3v) is 5.02. The molecule has 1 heterocycles. The van der Waals surface area contributed by atoms with Crippen molar-refractivity contribution < 1.29 is 36.2 Å². The Morgan fingerprint density at radius 1 is 0.906 bits per heavy atom. The monoisotopic (exact) mass is 455 g/mol. The number of hydrogen-bond acceptors (Lipinski definition) is 2. The van der Waals surface area contributed by atoms with E-state index in [1.807, 2.05) is 0 Å². The highest BCUT2D eigenvalue weighted by molar-refractivity contribution is 5.90. The summed E-state index contributed by atoms with van der Waals surface area (Å²) in [6.07, 6.45) is -6.59. The van der Waals surface area contributed by atoms with E-state index in [0.29, 0.717) is 13.0 Å². The highest BCUT2D eigenvalue weighted by Crippen LogP contribution is 2.41. The fraction of sp³-hybridized carbons (Fsp3) is 0.261. The molecule has 0 saturated carbocycles. The van der Waals surface area contributed by atoms with Crippen molar-refractivity contribution in [1.82, 2.24) is 4.90 Å². The fourth-order valence-corrected chi connectivity index (χ4v) is 3.53. The molecule has 1 atom stereocenters. The summed E-state index contributed by atoms with van der Waals surface area (Å²) in [4.78, 5) is 13.6. The van der Waals surface area contributed by atoms with Gasteiger partial charge in [-0.15, -0.1) is 0 Å². The van der Waals surface area contributed by atoms with Gasteiger partial charge in [0.2, 0.25) is 5.91 Å². The van der Waals surface area contributed by atoms with Crippen LogP contribution in [0, 0.1) is 0 Å². The maximum atomic E-state index is 13.6. The van der Waals surface area contributed by atoms with Crippen LogP contribution >= 0.6 is 0 Å². The third-order valence-electron chi connectivity index (χ3n) is 5.02. The minimum absolute atomic E-state index is 0.119. The second-order valence-corrected chi connectivity index (χ2v) is 7.25. The second kappa shape index (κ2) is 9.20. The molecule has 170 valence electrons. The van der Waals surface area contributed by atoms with Crippen LogP contribution in [0.4, 0.5) is 26.3 Å². The molecule has 1 amide bonds. The number of hydrogen-bond donors (Lipinski definition) is 1. The molecule has 0 aliphatic carbocycles. The summed E-state index contributed by atoms with van der Waals surface area (Å²) >= 11 is 0. The standard InChI is InChI=1S/C23H19F6NO2/c24-22(25,26)19-9-3-1-6-17(19)16(18-7-2-4-10-20(18)23(27,28)29)8-5-11-21(32)30-13-12-15(31)14-30/h1-11,15,31H,12-14H2. The third kappa shape index (κ3) is 5.40. The lowest BCUT2D eigenvalue weighted by atomic mass is 9.90. The SMILES string of the molecule is O=C(C=CC=C(c1ccccc1C(F)(F)F)c1ccccc1C(F)(F)F)N1CCC(O)C1. The maximum Gasteiger partial charge on any atom is 0.417 e. The van der Waals surface area contributed by atoms with Gasteiger partial charge in [-0.3, -0.25) is 4.79 Å². The van der Waals surface area contributed by atoms with Gasteiger partial charge in [0.15, 0.2) is 0 Å². The lowest BCUT2D eigenvalue weighted by Gasteiger charge is -2.19. The number of rotatable bonds is 4. The summed E-state index contributed by atoms with van der Waals surface area (Å²) in [7, 11) is 0. The van der Waals surface area contributed by atoms with Crippen molar-refractivity contribution in [3.63, 3.8) is 0 Å². The molecule has 2 aromatic carbocycles. The molecule has 1 N–H and O–H groups in total. The Labute approximate surface area is 180 Å². The maximum absolute atomic E-state index is 13.6. The van der Waals surface area contributed by atoms with E-state index in [2.05, 4.69) is 0 Å². The first kappa shape index (κ1) is 23.6. The average molecular weight is 455 g/mol. The molecule has 3 rings (SSSR count). The number of halogens is 6. The molecule has 9 heteroatoms. The van der Waals surface area contributed by atoms with Crippen LogP contribution in [0.3, 0.4) is 0 Å². The van der Waals surface area contributed by atoms with E-state index in [0.717, 1.165) is 54.6 Å². The largest absolute Gasteiger partial charge is 0.417 e. The lowest BCUT2D eigenvalue weighted by molar-refractivity contribution is -0.138. The topological polar surface area (TPSA) is 40.5 Å². The van der Waals surface area contributed by atoms with E-state index in [-0.39, 0.29) is 12.1 Å². The summed E-state index contributed by atoms with van der Waals surface area (Å²) in [5, 5.41) is 9.53. The van der Waals surface area contributed by atoms with Gasteiger partial charge in [0, 0.05) is 19.2 Å². The number of β-amino-alcohol motifs (C(OH)–C–C–N with tert-alkyl or cyclic N) is 1. The summed E-state index contributed by atoms with van der Waals surface area (Å²) < 4.78 is 81.6. The number of nitrogens with zero attached hydrogens (tertiary/aromatic N) is 1. The minimum Gasteiger partial charge on any atom is -0.391 e. The Bertz CT molecular complexity index is 980. The van der Waals surface area contributed by atoms with Gasteiger partial charge in [-0.1, -0.05) is 48.6 Å². The van der Waals surface area contributed by atoms with Crippen molar-refractivity contribution in [3.05, 3.63) is 89.0 Å². The van der Waals surface area contributed by atoms with Crippen molar-refractivity contribution >= 4 is 11.5 Å². The normalized spacial score (nSPS) is 17.1. The highest BCUT2D eigenvalue weighted by atomic mass is 19.4. The molecular formula is C23H19F6NO2. The van der Waals surface area contributed by atoms with Crippen LogP contribution in [0.2, 0.25) is 0 Å². The molecule has 0 radical (unpaired) electrons. The van der Waals surface area contributed by atoms with E-state index < -0.39 is 46.6 Å². The van der Waals surface area contributed by atoms with Crippen molar-refractivity contribution in [2.45, 2.75) is 24.9 Å². The van der Waals surface area contributed by atoms with E-state index in [9.17, 15) is 36.2 Å². The number of benzene rings is 2. The number of amides is 1. The summed E-state index contributed by atoms with van der Waals surface area (Å²) in [5.74, 6) is -0.495. The second-order valence-electron chi connectivity index (χ2n) is 7.25. The van der Waals surface area contributed by atoms with E-state index in [1.54, 1.807) is 0 Å². The Morgan fingerprint density at radius 2 is 1.41 bits per heavy atom. The van der Waals surface area contributed by atoms with Gasteiger partial charge in [0.1, 0.15) is 0 Å². The molecule has 0 spiro atoms. The average Bonchev–Trinajstić information content (AvgIpc) is 3.16. The minimum atomic E-state index is -4.80. The Morgan fingerprint density at radius 3 is 1.84 bits per heavy atom. The quantitative estimate of drug-likeness (QED) is 0.386. The van der Waals surface area contributed by atoms with Crippen LogP contribution < -0.4 is 0 Å². The van der Waals surface area contributed by atoms with Crippen LogP contribution in [0.1, 0.15) is 28.7 Å². The van der Waals surface area contributed by atoms with Gasteiger partial charge in [0.25, 0.3) is 0 Å². The van der Waals surface area contributed by atoms with Crippen LogP contribution in [-0.2, 0) is 17.1 Å². The lowest BCUT2D eigenvalue weighted by Crippen LogP contribution is -2.27. The molecule has 0 bridgehead atoms. The molecular weight excluding hydrogens is 436 g/mol. The van der Waals surface area contributed by atoms with E-state index in [4.69, 9.17) is 0 Å². The molecule has 3 nitrogen and oxygen atoms in total. The van der Waals surface area contributed by atoms with Gasteiger partial charge in [-0.2, -0.15) is 26.3 Å². The molecule has 1 fully saturated rings. The summed E-state index contributed by atoms with van der Waals surface area (Å²) in [5.41, 5.74) is -3.39. The van der Waals surface area contributed by atoms with Gasteiger partial charge < -0.3 is 10.0 Å². The first-order valence-electron chi connectivity index (χ1n) is 9.67. The molecule has 32 heavy (non-hydrogen) atoms. The highest BCUT2D eigenvalue weighted by Gasteiger charge is 2.37. The van der Waals surface area contributed by atoms with Crippen LogP contribution in [0.25, 0.3) is 5.57 Å². The fourth-order valence-electron chi connectivity index (χ4n) is 3.53. The number of likely N-dealkylation sites (tertiary alicyclic amines) is 1. The molecule has 2 aromatic rings. The number of carbonyl (C=O) groups is 1. The van der Waals surface area contributed by atoms with E-state index in [1.165, 1.54) is 17.0 Å². The van der Waals surface area contributed by atoms with Gasteiger partial charge in [-0.25, -0.2) is 0 Å². The zero-order valence-corrected chi connectivity index (χ0v) is 16.6. The molecule has 1 saturated heterocycles. The molecule has 0 aromatic heterocycles. The molecule has 1 unspecified atom stereocenters. The zero-order valence-electron chi connectivity index (χ0n) is 16.6. The number of carbonyl (C=O) groups excluding carboxylic acids is 1. The zero-order chi connectivity index (χ0) is 23.5. The van der Waals surface area contributed by atoms with Crippen molar-refractivity contribution in [3.8, 4) is 0 Å². The first-order valence-corrected chi connectivity index (χ1v) is 9.67. The number of allylic oxidation sites excluding steroid dienone is 2. The summed E-state index contributed by atoms with van der Waals surface area (Å²) in [6.45, 7) is 0.433. The predicted molar refractivity (Wildman–Crippen MR) is 106 cm³/mol.